The summed E-state index contributed by atoms with van der Waals surface area (Å²) in [6.45, 7) is 2.43. The molecule has 3 saturated heterocycles. The minimum Gasteiger partial charge on any atom is -0.367 e. The van der Waals surface area contributed by atoms with Crippen LogP contribution in [0.5, 0.6) is 0 Å². The molecule has 0 saturated carbocycles. The molecule has 2 unspecified atom stereocenters. The van der Waals surface area contributed by atoms with Gasteiger partial charge in [0.15, 0.2) is 5.79 Å². The van der Waals surface area contributed by atoms with Crippen molar-refractivity contribution in [3.63, 3.8) is 0 Å². The SMILES string of the molecule is C1CCC2(CO2)OCC2(C1)CO2. The Morgan fingerprint density at radius 3 is 2.00 bits per heavy atom. The fraction of sp³-hybridized carbons (Fsp3) is 1.00. The van der Waals surface area contributed by atoms with Crippen molar-refractivity contribution in [2.75, 3.05) is 19.8 Å². The first kappa shape index (κ1) is 7.30. The van der Waals surface area contributed by atoms with E-state index < -0.39 is 0 Å². The Hall–Kier alpha value is -0.120. The summed E-state index contributed by atoms with van der Waals surface area (Å²) in [7, 11) is 0. The van der Waals surface area contributed by atoms with Crippen LogP contribution in [0.15, 0.2) is 0 Å². The Morgan fingerprint density at radius 2 is 1.33 bits per heavy atom. The molecule has 3 nitrogen and oxygen atoms in total. The predicted molar refractivity (Wildman–Crippen MR) is 41.8 cm³/mol. The van der Waals surface area contributed by atoms with Crippen molar-refractivity contribution >= 4 is 0 Å². The Kier molecular flexibility index (Phi) is 1.35. The molecule has 0 N–H and O–H groups in total. The summed E-state index contributed by atoms with van der Waals surface area (Å²) in [6, 6.07) is 0. The van der Waals surface area contributed by atoms with Gasteiger partial charge in [-0.25, -0.2) is 0 Å². The van der Waals surface area contributed by atoms with Crippen molar-refractivity contribution in [2.24, 2.45) is 0 Å². The van der Waals surface area contributed by atoms with Crippen LogP contribution < -0.4 is 0 Å². The second-order valence-corrected chi connectivity index (χ2v) is 4.17. The summed E-state index contributed by atoms with van der Waals surface area (Å²) in [6.07, 6.45) is 4.71. The number of hydrogen-bond donors (Lipinski definition) is 0. The number of ether oxygens (including phenoxy) is 3. The van der Waals surface area contributed by atoms with Crippen LogP contribution in [0.1, 0.15) is 25.7 Å². The molecule has 3 aliphatic heterocycles. The van der Waals surface area contributed by atoms with Crippen LogP contribution >= 0.6 is 0 Å². The fourth-order valence-corrected chi connectivity index (χ4v) is 1.89. The van der Waals surface area contributed by atoms with Gasteiger partial charge in [0.2, 0.25) is 0 Å². The predicted octanol–water partition coefficient (Wildman–Crippen LogP) is 1.07. The molecule has 0 aromatic rings. The average Bonchev–Trinajstić information content (AvgIpc) is 2.94. The van der Waals surface area contributed by atoms with Gasteiger partial charge in [-0.05, 0) is 12.8 Å². The molecule has 2 atom stereocenters. The third kappa shape index (κ3) is 1.16. The van der Waals surface area contributed by atoms with Gasteiger partial charge in [-0.2, -0.15) is 0 Å². The zero-order valence-electron chi connectivity index (χ0n) is 7.17. The standard InChI is InChI=1S/C9H14O3/c1-2-4-9(7-12-9)11-6-8(3-1)5-10-8/h1-7H2. The van der Waals surface area contributed by atoms with E-state index >= 15 is 0 Å². The van der Waals surface area contributed by atoms with Gasteiger partial charge in [-0.1, -0.05) is 6.42 Å². The minimum atomic E-state index is -0.181. The molecule has 12 heavy (non-hydrogen) atoms. The molecule has 3 fully saturated rings. The van der Waals surface area contributed by atoms with E-state index in [9.17, 15) is 0 Å². The molecule has 0 amide bonds. The highest BCUT2D eigenvalue weighted by atomic mass is 16.8. The first-order chi connectivity index (χ1) is 5.83. The fourth-order valence-electron chi connectivity index (χ4n) is 1.89. The van der Waals surface area contributed by atoms with Crippen molar-refractivity contribution < 1.29 is 14.2 Å². The van der Waals surface area contributed by atoms with E-state index in [2.05, 4.69) is 0 Å². The number of hydrogen-bond acceptors (Lipinski definition) is 3. The van der Waals surface area contributed by atoms with Gasteiger partial charge >= 0.3 is 0 Å². The summed E-state index contributed by atoms with van der Waals surface area (Å²) in [4.78, 5) is 0. The molecular formula is C9H14O3. The van der Waals surface area contributed by atoms with E-state index in [1.54, 1.807) is 0 Å². The zero-order chi connectivity index (χ0) is 8.07. The normalized spacial score (nSPS) is 52.0. The lowest BCUT2D eigenvalue weighted by atomic mass is 10.00. The van der Waals surface area contributed by atoms with Crippen LogP contribution in [-0.2, 0) is 14.2 Å². The third-order valence-corrected chi connectivity index (χ3v) is 3.06. The lowest BCUT2D eigenvalue weighted by Crippen LogP contribution is -2.29. The Balaban J connectivity index is 1.67. The zero-order valence-corrected chi connectivity index (χ0v) is 7.17. The van der Waals surface area contributed by atoms with Gasteiger partial charge in [0, 0.05) is 6.42 Å². The highest BCUT2D eigenvalue weighted by molar-refractivity contribution is 4.95. The molecule has 0 aromatic carbocycles. The van der Waals surface area contributed by atoms with Crippen LogP contribution in [-0.4, -0.2) is 31.2 Å². The lowest BCUT2D eigenvalue weighted by molar-refractivity contribution is -0.0781. The average molecular weight is 170 g/mol. The van der Waals surface area contributed by atoms with E-state index in [-0.39, 0.29) is 11.4 Å². The lowest BCUT2D eigenvalue weighted by Gasteiger charge is -2.20. The molecule has 0 aromatic heterocycles. The summed E-state index contributed by atoms with van der Waals surface area (Å²) >= 11 is 0. The van der Waals surface area contributed by atoms with Gasteiger partial charge < -0.3 is 14.2 Å². The molecule has 68 valence electrons. The van der Waals surface area contributed by atoms with Crippen LogP contribution in [0.4, 0.5) is 0 Å². The highest BCUT2D eigenvalue weighted by Gasteiger charge is 2.53. The monoisotopic (exact) mass is 170 g/mol. The Bertz CT molecular complexity index is 172. The van der Waals surface area contributed by atoms with Gasteiger partial charge in [0.25, 0.3) is 0 Å². The summed E-state index contributed by atoms with van der Waals surface area (Å²) in [5.74, 6) is -0.181. The molecule has 3 heterocycles. The first-order valence-electron chi connectivity index (χ1n) is 4.75. The van der Waals surface area contributed by atoms with E-state index in [1.807, 2.05) is 0 Å². The number of epoxide rings is 2. The third-order valence-electron chi connectivity index (χ3n) is 3.06. The molecule has 0 bridgehead atoms. The molecule has 3 aliphatic rings. The summed E-state index contributed by atoms with van der Waals surface area (Å²) in [5, 5.41) is 0. The van der Waals surface area contributed by atoms with Gasteiger partial charge in [-0.3, -0.25) is 0 Å². The topological polar surface area (TPSA) is 34.3 Å². The summed E-state index contributed by atoms with van der Waals surface area (Å²) < 4.78 is 16.4. The largest absolute Gasteiger partial charge is 0.367 e. The van der Waals surface area contributed by atoms with Gasteiger partial charge in [-0.15, -0.1) is 0 Å². The van der Waals surface area contributed by atoms with E-state index in [4.69, 9.17) is 14.2 Å². The van der Waals surface area contributed by atoms with Crippen molar-refractivity contribution in [1.82, 2.24) is 0 Å². The smallest absolute Gasteiger partial charge is 0.192 e. The van der Waals surface area contributed by atoms with Crippen molar-refractivity contribution in [3.05, 3.63) is 0 Å². The Morgan fingerprint density at radius 1 is 0.750 bits per heavy atom. The van der Waals surface area contributed by atoms with Crippen molar-refractivity contribution in [3.8, 4) is 0 Å². The van der Waals surface area contributed by atoms with E-state index in [0.717, 1.165) is 26.2 Å². The Labute approximate surface area is 72.0 Å². The van der Waals surface area contributed by atoms with Gasteiger partial charge in [0.1, 0.15) is 12.2 Å². The van der Waals surface area contributed by atoms with Crippen LogP contribution in [0.3, 0.4) is 0 Å². The van der Waals surface area contributed by atoms with Crippen molar-refractivity contribution in [1.29, 1.82) is 0 Å². The molecule has 3 heteroatoms. The maximum absolute atomic E-state index is 5.71. The molecular weight excluding hydrogens is 156 g/mol. The van der Waals surface area contributed by atoms with E-state index in [0.29, 0.717) is 0 Å². The van der Waals surface area contributed by atoms with E-state index in [1.165, 1.54) is 19.3 Å². The second-order valence-electron chi connectivity index (χ2n) is 4.17. The molecule has 0 aliphatic carbocycles. The number of rotatable bonds is 0. The van der Waals surface area contributed by atoms with Crippen LogP contribution in [0, 0.1) is 0 Å². The second kappa shape index (κ2) is 2.22. The molecule has 3 rings (SSSR count). The van der Waals surface area contributed by atoms with Crippen LogP contribution in [0.25, 0.3) is 0 Å². The molecule has 2 spiro atoms. The van der Waals surface area contributed by atoms with Crippen molar-refractivity contribution in [2.45, 2.75) is 37.1 Å². The molecule has 0 radical (unpaired) electrons. The van der Waals surface area contributed by atoms with Crippen LogP contribution in [0.2, 0.25) is 0 Å². The highest BCUT2D eigenvalue weighted by Crippen LogP contribution is 2.42. The first-order valence-corrected chi connectivity index (χ1v) is 4.75. The quantitative estimate of drug-likeness (QED) is 0.510. The minimum absolute atomic E-state index is 0.0966. The van der Waals surface area contributed by atoms with Gasteiger partial charge in [0.05, 0.1) is 13.2 Å². The maximum Gasteiger partial charge on any atom is 0.192 e. The summed E-state index contributed by atoms with van der Waals surface area (Å²) in [5.41, 5.74) is 0.0966. The maximum atomic E-state index is 5.71.